The first kappa shape index (κ1) is 16.3. The number of aliphatic carboxylic acids is 1. The lowest BCUT2D eigenvalue weighted by atomic mass is 9.76. The smallest absolute Gasteiger partial charge is 0.326 e. The van der Waals surface area contributed by atoms with Crippen LogP contribution < -0.4 is 0 Å². The number of likely N-dealkylation sites (tertiary alicyclic amines) is 1. The zero-order chi connectivity index (χ0) is 15.8. The maximum absolute atomic E-state index is 12.7. The first-order valence-electron chi connectivity index (χ1n) is 6.73. The summed E-state index contributed by atoms with van der Waals surface area (Å²) in [6.07, 6.45) is 1.59. The van der Waals surface area contributed by atoms with Gasteiger partial charge in [0.2, 0.25) is 0 Å². The highest BCUT2D eigenvalue weighted by Gasteiger charge is 2.44. The summed E-state index contributed by atoms with van der Waals surface area (Å²) < 4.78 is 0.576. The van der Waals surface area contributed by atoms with Crippen molar-refractivity contribution in [2.45, 2.75) is 32.7 Å². The molecule has 1 aliphatic rings. The number of carboxylic acids is 1. The van der Waals surface area contributed by atoms with Crippen LogP contribution >= 0.6 is 27.5 Å². The highest BCUT2D eigenvalue weighted by atomic mass is 79.9. The Kier molecular flexibility index (Phi) is 4.63. The lowest BCUT2D eigenvalue weighted by Gasteiger charge is -2.44. The van der Waals surface area contributed by atoms with Gasteiger partial charge >= 0.3 is 5.97 Å². The molecule has 1 unspecified atom stereocenters. The van der Waals surface area contributed by atoms with E-state index in [0.717, 1.165) is 12.8 Å². The van der Waals surface area contributed by atoms with Crippen molar-refractivity contribution < 1.29 is 14.7 Å². The van der Waals surface area contributed by atoms with Crippen LogP contribution in [-0.4, -0.2) is 34.5 Å². The molecular weight excluding hydrogens is 358 g/mol. The van der Waals surface area contributed by atoms with E-state index in [9.17, 15) is 14.7 Å². The van der Waals surface area contributed by atoms with Crippen LogP contribution in [0.2, 0.25) is 5.02 Å². The minimum absolute atomic E-state index is 0.279. The molecule has 1 amide bonds. The molecule has 1 atom stereocenters. The fraction of sp³-hybridized carbons (Fsp3) is 0.467. The number of halogens is 2. The highest BCUT2D eigenvalue weighted by Crippen LogP contribution is 2.36. The Bertz CT molecular complexity index is 588. The minimum Gasteiger partial charge on any atom is -0.480 e. The first-order valence-corrected chi connectivity index (χ1v) is 7.90. The topological polar surface area (TPSA) is 57.6 Å². The lowest BCUT2D eigenvalue weighted by molar-refractivity contribution is -0.148. The van der Waals surface area contributed by atoms with Crippen molar-refractivity contribution in [1.82, 2.24) is 4.90 Å². The van der Waals surface area contributed by atoms with E-state index < -0.39 is 17.4 Å². The van der Waals surface area contributed by atoms with Crippen molar-refractivity contribution in [3.8, 4) is 0 Å². The van der Waals surface area contributed by atoms with Gasteiger partial charge in [-0.2, -0.15) is 0 Å². The summed E-state index contributed by atoms with van der Waals surface area (Å²) >= 11 is 9.20. The average Bonchev–Trinajstić information content (AvgIpc) is 2.36. The van der Waals surface area contributed by atoms with E-state index in [4.69, 9.17) is 11.6 Å². The normalized spacial score (nSPS) is 21.1. The van der Waals surface area contributed by atoms with E-state index in [1.807, 2.05) is 13.8 Å². The van der Waals surface area contributed by atoms with Crippen molar-refractivity contribution in [3.05, 3.63) is 33.3 Å². The maximum atomic E-state index is 12.7. The van der Waals surface area contributed by atoms with Crippen LogP contribution in [0.25, 0.3) is 0 Å². The van der Waals surface area contributed by atoms with E-state index in [2.05, 4.69) is 15.9 Å². The Morgan fingerprint density at radius 2 is 2.10 bits per heavy atom. The molecule has 1 aromatic carbocycles. The molecule has 114 valence electrons. The Morgan fingerprint density at radius 3 is 2.67 bits per heavy atom. The van der Waals surface area contributed by atoms with Gasteiger partial charge in [0.05, 0.1) is 5.56 Å². The molecule has 0 spiro atoms. The molecule has 1 aliphatic heterocycles. The third-order valence-corrected chi connectivity index (χ3v) is 4.82. The van der Waals surface area contributed by atoms with Crippen LogP contribution in [-0.2, 0) is 4.79 Å². The molecule has 1 aromatic rings. The number of carboxylic acid groups (broad SMARTS) is 1. The Morgan fingerprint density at radius 1 is 1.43 bits per heavy atom. The summed E-state index contributed by atoms with van der Waals surface area (Å²) in [6.45, 7) is 4.23. The number of piperidine rings is 1. The van der Waals surface area contributed by atoms with E-state index in [1.165, 1.54) is 4.90 Å². The van der Waals surface area contributed by atoms with Gasteiger partial charge in [-0.15, -0.1) is 0 Å². The molecule has 21 heavy (non-hydrogen) atoms. The van der Waals surface area contributed by atoms with Gasteiger partial charge in [0.25, 0.3) is 5.91 Å². The van der Waals surface area contributed by atoms with E-state index in [1.54, 1.807) is 18.2 Å². The summed E-state index contributed by atoms with van der Waals surface area (Å²) in [5.41, 5.74) is -0.0121. The Balaban J connectivity index is 2.38. The number of benzene rings is 1. The number of rotatable bonds is 2. The predicted molar refractivity (Wildman–Crippen MR) is 84.6 cm³/mol. The lowest BCUT2D eigenvalue weighted by Crippen LogP contribution is -2.56. The molecule has 6 heteroatoms. The van der Waals surface area contributed by atoms with Crippen molar-refractivity contribution in [3.63, 3.8) is 0 Å². The van der Waals surface area contributed by atoms with Gasteiger partial charge in [-0.1, -0.05) is 25.4 Å². The largest absolute Gasteiger partial charge is 0.480 e. The van der Waals surface area contributed by atoms with Gasteiger partial charge in [0.1, 0.15) is 6.04 Å². The van der Waals surface area contributed by atoms with Gasteiger partial charge in [0.15, 0.2) is 0 Å². The zero-order valence-electron chi connectivity index (χ0n) is 11.9. The molecule has 0 bridgehead atoms. The molecule has 2 rings (SSSR count). The van der Waals surface area contributed by atoms with Gasteiger partial charge in [0, 0.05) is 16.0 Å². The summed E-state index contributed by atoms with van der Waals surface area (Å²) in [5, 5.41) is 10.0. The van der Waals surface area contributed by atoms with Crippen LogP contribution in [0.15, 0.2) is 22.7 Å². The van der Waals surface area contributed by atoms with Crippen molar-refractivity contribution in [2.75, 3.05) is 6.54 Å². The summed E-state index contributed by atoms with van der Waals surface area (Å²) in [7, 11) is 0. The fourth-order valence-electron chi connectivity index (χ4n) is 2.90. The molecule has 1 fully saturated rings. The second-order valence-corrected chi connectivity index (χ2v) is 7.25. The van der Waals surface area contributed by atoms with Crippen molar-refractivity contribution in [1.29, 1.82) is 0 Å². The Labute approximate surface area is 137 Å². The molecule has 0 saturated carbocycles. The van der Waals surface area contributed by atoms with Crippen LogP contribution in [0.4, 0.5) is 0 Å². The van der Waals surface area contributed by atoms with E-state index in [0.29, 0.717) is 21.6 Å². The van der Waals surface area contributed by atoms with E-state index >= 15 is 0 Å². The number of hydrogen-bond donors (Lipinski definition) is 1. The second kappa shape index (κ2) is 5.97. The Hall–Kier alpha value is -1.07. The van der Waals surface area contributed by atoms with Crippen LogP contribution in [0.5, 0.6) is 0 Å². The van der Waals surface area contributed by atoms with Gasteiger partial charge < -0.3 is 10.0 Å². The number of amides is 1. The third kappa shape index (κ3) is 3.24. The molecule has 4 nitrogen and oxygen atoms in total. The standard InChI is InChI=1S/C15H17BrClNO3/c1-15(2)6-3-7-18(12(15)14(20)21)13(19)10-5-4-9(17)8-11(10)16/h4-5,8,12H,3,6-7H2,1-2H3,(H,20,21). The quantitative estimate of drug-likeness (QED) is 0.856. The summed E-state index contributed by atoms with van der Waals surface area (Å²) in [5.74, 6) is -1.24. The van der Waals surface area contributed by atoms with Crippen LogP contribution in [0.3, 0.4) is 0 Å². The number of nitrogens with zero attached hydrogens (tertiary/aromatic N) is 1. The number of hydrogen-bond acceptors (Lipinski definition) is 2. The fourth-order valence-corrected chi connectivity index (χ4v) is 3.75. The summed E-state index contributed by atoms with van der Waals surface area (Å²) in [4.78, 5) is 25.8. The molecule has 1 saturated heterocycles. The van der Waals surface area contributed by atoms with Crippen LogP contribution in [0, 0.1) is 5.41 Å². The molecule has 1 heterocycles. The molecule has 0 aromatic heterocycles. The summed E-state index contributed by atoms with van der Waals surface area (Å²) in [6, 6.07) is 4.07. The van der Waals surface area contributed by atoms with Gasteiger partial charge in [-0.25, -0.2) is 4.79 Å². The monoisotopic (exact) mass is 373 g/mol. The average molecular weight is 375 g/mol. The molecule has 0 radical (unpaired) electrons. The number of carbonyl (C=O) groups is 2. The number of carbonyl (C=O) groups excluding carboxylic acids is 1. The zero-order valence-corrected chi connectivity index (χ0v) is 14.2. The van der Waals surface area contributed by atoms with Gasteiger partial charge in [-0.05, 0) is 52.4 Å². The van der Waals surface area contributed by atoms with Gasteiger partial charge in [-0.3, -0.25) is 4.79 Å². The SMILES string of the molecule is CC1(C)CCCN(C(=O)c2ccc(Cl)cc2Br)C1C(=O)O. The van der Waals surface area contributed by atoms with E-state index in [-0.39, 0.29) is 5.91 Å². The predicted octanol–water partition coefficient (Wildman–Crippen LogP) is 3.82. The molecular formula is C15H17BrClNO3. The molecule has 0 aliphatic carbocycles. The highest BCUT2D eigenvalue weighted by molar-refractivity contribution is 9.10. The third-order valence-electron chi connectivity index (χ3n) is 3.93. The second-order valence-electron chi connectivity index (χ2n) is 5.96. The molecule has 1 N–H and O–H groups in total. The first-order chi connectivity index (χ1) is 9.74. The maximum Gasteiger partial charge on any atom is 0.326 e. The van der Waals surface area contributed by atoms with Crippen LogP contribution in [0.1, 0.15) is 37.0 Å². The van der Waals surface area contributed by atoms with Crippen molar-refractivity contribution in [2.24, 2.45) is 5.41 Å². The van der Waals surface area contributed by atoms with Crippen molar-refractivity contribution >= 4 is 39.4 Å². The minimum atomic E-state index is -0.960.